The summed E-state index contributed by atoms with van der Waals surface area (Å²) in [5, 5.41) is 0. The molecule has 2 heterocycles. The Hall–Kier alpha value is -1.61. The van der Waals surface area contributed by atoms with Gasteiger partial charge in [-0.1, -0.05) is 45.0 Å². The first-order valence-corrected chi connectivity index (χ1v) is 7.48. The number of hydrogen-bond acceptors (Lipinski definition) is 1. The fourth-order valence-corrected chi connectivity index (χ4v) is 2.63. The molecule has 0 amide bonds. The lowest BCUT2D eigenvalue weighted by Gasteiger charge is -2.19. The summed E-state index contributed by atoms with van der Waals surface area (Å²) in [5.74, 6) is 0.974. The molecule has 0 fully saturated rings. The second-order valence-corrected chi connectivity index (χ2v) is 6.97. The number of nitrogens with zero attached hydrogens (tertiary/aromatic N) is 2. The maximum absolute atomic E-state index is 4.54. The molecule has 2 aromatic heterocycles. The number of pyridine rings is 1. The van der Waals surface area contributed by atoms with Crippen LogP contribution in [0.25, 0.3) is 16.9 Å². The standard InChI is InChI=1S/C17H17BrN2/c1-17(2,3)13-6-4-12(5-7-13)16-19-10-15-9-8-14(18)11-20(15)16/h4-11H,1-3H3. The number of hydrogen-bond donors (Lipinski definition) is 0. The minimum Gasteiger partial charge on any atom is -0.299 e. The Balaban J connectivity index is 2.09. The molecule has 0 atom stereocenters. The van der Waals surface area contributed by atoms with Crippen LogP contribution in [0.2, 0.25) is 0 Å². The van der Waals surface area contributed by atoms with E-state index >= 15 is 0 Å². The molecule has 0 aliphatic rings. The first-order chi connectivity index (χ1) is 9.45. The van der Waals surface area contributed by atoms with Gasteiger partial charge in [0.15, 0.2) is 0 Å². The van der Waals surface area contributed by atoms with Gasteiger partial charge in [0.2, 0.25) is 0 Å². The average Bonchev–Trinajstić information content (AvgIpc) is 2.81. The van der Waals surface area contributed by atoms with E-state index in [1.165, 1.54) is 5.56 Å². The minimum atomic E-state index is 0.177. The van der Waals surface area contributed by atoms with Crippen molar-refractivity contribution in [2.75, 3.05) is 0 Å². The predicted molar refractivity (Wildman–Crippen MR) is 87.0 cm³/mol. The Bertz CT molecular complexity index is 749. The smallest absolute Gasteiger partial charge is 0.144 e. The van der Waals surface area contributed by atoms with E-state index in [9.17, 15) is 0 Å². The summed E-state index contributed by atoms with van der Waals surface area (Å²) in [6.45, 7) is 6.68. The average molecular weight is 329 g/mol. The van der Waals surface area contributed by atoms with E-state index in [4.69, 9.17) is 0 Å². The fourth-order valence-electron chi connectivity index (χ4n) is 2.30. The van der Waals surface area contributed by atoms with E-state index in [0.29, 0.717) is 0 Å². The first kappa shape index (κ1) is 13.4. The molecular formula is C17H17BrN2. The first-order valence-electron chi connectivity index (χ1n) is 6.69. The number of rotatable bonds is 1. The fraction of sp³-hybridized carbons (Fsp3) is 0.235. The van der Waals surface area contributed by atoms with Crippen LogP contribution in [0, 0.1) is 0 Å². The normalized spacial score (nSPS) is 12.0. The zero-order valence-electron chi connectivity index (χ0n) is 11.9. The molecule has 0 unspecified atom stereocenters. The van der Waals surface area contributed by atoms with Crippen molar-refractivity contribution in [3.05, 3.63) is 58.8 Å². The third kappa shape index (κ3) is 2.38. The lowest BCUT2D eigenvalue weighted by molar-refractivity contribution is 0.590. The van der Waals surface area contributed by atoms with Gasteiger partial charge in [-0.15, -0.1) is 0 Å². The van der Waals surface area contributed by atoms with Crippen LogP contribution in [0.1, 0.15) is 26.3 Å². The molecule has 1 aromatic carbocycles. The van der Waals surface area contributed by atoms with E-state index in [2.05, 4.69) is 82.6 Å². The van der Waals surface area contributed by atoms with Gasteiger partial charge in [-0.3, -0.25) is 4.40 Å². The van der Waals surface area contributed by atoms with Crippen LogP contribution in [0.5, 0.6) is 0 Å². The zero-order valence-corrected chi connectivity index (χ0v) is 13.5. The van der Waals surface area contributed by atoms with Gasteiger partial charge >= 0.3 is 0 Å². The van der Waals surface area contributed by atoms with Crippen LogP contribution in [0.3, 0.4) is 0 Å². The molecule has 0 spiro atoms. The molecule has 0 saturated carbocycles. The van der Waals surface area contributed by atoms with Crippen LogP contribution < -0.4 is 0 Å². The van der Waals surface area contributed by atoms with Crippen LogP contribution in [-0.2, 0) is 5.41 Å². The number of fused-ring (bicyclic) bond motifs is 1. The van der Waals surface area contributed by atoms with Crippen molar-refractivity contribution in [3.8, 4) is 11.4 Å². The Morgan fingerprint density at radius 2 is 1.70 bits per heavy atom. The van der Waals surface area contributed by atoms with Gasteiger partial charge < -0.3 is 0 Å². The maximum atomic E-state index is 4.54. The second-order valence-electron chi connectivity index (χ2n) is 6.05. The van der Waals surface area contributed by atoms with Crippen LogP contribution in [-0.4, -0.2) is 9.38 Å². The summed E-state index contributed by atoms with van der Waals surface area (Å²) in [7, 11) is 0. The summed E-state index contributed by atoms with van der Waals surface area (Å²) < 4.78 is 3.16. The largest absolute Gasteiger partial charge is 0.299 e. The molecule has 3 heteroatoms. The summed E-state index contributed by atoms with van der Waals surface area (Å²) in [6, 6.07) is 12.8. The summed E-state index contributed by atoms with van der Waals surface area (Å²) >= 11 is 3.51. The molecule has 3 aromatic rings. The summed E-state index contributed by atoms with van der Waals surface area (Å²) in [6.07, 6.45) is 3.95. The Kier molecular flexibility index (Phi) is 3.17. The van der Waals surface area contributed by atoms with Gasteiger partial charge in [0.1, 0.15) is 5.82 Å². The van der Waals surface area contributed by atoms with E-state index in [0.717, 1.165) is 21.4 Å². The molecule has 0 aliphatic carbocycles. The topological polar surface area (TPSA) is 17.3 Å². The van der Waals surface area contributed by atoms with E-state index in [-0.39, 0.29) is 5.41 Å². The number of benzene rings is 1. The SMILES string of the molecule is CC(C)(C)c1ccc(-c2ncc3ccc(Br)cn23)cc1. The molecule has 0 N–H and O–H groups in total. The van der Waals surface area contributed by atoms with E-state index in [1.807, 2.05) is 12.3 Å². The highest BCUT2D eigenvalue weighted by Crippen LogP contribution is 2.26. The van der Waals surface area contributed by atoms with Gasteiger partial charge in [-0.25, -0.2) is 4.98 Å². The number of halogens is 1. The Morgan fingerprint density at radius 1 is 1.00 bits per heavy atom. The lowest BCUT2D eigenvalue weighted by Crippen LogP contribution is -2.10. The molecule has 20 heavy (non-hydrogen) atoms. The monoisotopic (exact) mass is 328 g/mol. The quantitative estimate of drug-likeness (QED) is 0.610. The highest BCUT2D eigenvalue weighted by atomic mass is 79.9. The Labute approximate surface area is 127 Å². The maximum Gasteiger partial charge on any atom is 0.144 e. The molecule has 0 radical (unpaired) electrons. The molecule has 0 bridgehead atoms. The van der Waals surface area contributed by atoms with Gasteiger partial charge in [-0.2, -0.15) is 0 Å². The van der Waals surface area contributed by atoms with Crippen LogP contribution in [0.15, 0.2) is 53.3 Å². The van der Waals surface area contributed by atoms with Gasteiger partial charge in [0.25, 0.3) is 0 Å². The van der Waals surface area contributed by atoms with E-state index in [1.54, 1.807) is 0 Å². The van der Waals surface area contributed by atoms with Crippen molar-refractivity contribution >= 4 is 21.4 Å². The van der Waals surface area contributed by atoms with Crippen molar-refractivity contribution in [1.82, 2.24) is 9.38 Å². The third-order valence-electron chi connectivity index (χ3n) is 3.50. The lowest BCUT2D eigenvalue weighted by atomic mass is 9.87. The number of imidazole rings is 1. The van der Waals surface area contributed by atoms with Crippen molar-refractivity contribution < 1.29 is 0 Å². The van der Waals surface area contributed by atoms with Gasteiger partial charge in [-0.05, 0) is 39.0 Å². The van der Waals surface area contributed by atoms with Crippen molar-refractivity contribution in [2.45, 2.75) is 26.2 Å². The number of aromatic nitrogens is 2. The van der Waals surface area contributed by atoms with Gasteiger partial charge in [0.05, 0.1) is 11.7 Å². The predicted octanol–water partition coefficient (Wildman–Crippen LogP) is 5.06. The minimum absolute atomic E-state index is 0.177. The van der Waals surface area contributed by atoms with Gasteiger partial charge in [0, 0.05) is 16.2 Å². The van der Waals surface area contributed by atoms with Crippen molar-refractivity contribution in [2.24, 2.45) is 0 Å². The van der Waals surface area contributed by atoms with Crippen molar-refractivity contribution in [3.63, 3.8) is 0 Å². The molecular weight excluding hydrogens is 312 g/mol. The molecule has 0 saturated heterocycles. The highest BCUT2D eigenvalue weighted by molar-refractivity contribution is 9.10. The van der Waals surface area contributed by atoms with Crippen LogP contribution >= 0.6 is 15.9 Å². The van der Waals surface area contributed by atoms with Crippen molar-refractivity contribution in [1.29, 1.82) is 0 Å². The molecule has 102 valence electrons. The molecule has 2 nitrogen and oxygen atoms in total. The second kappa shape index (κ2) is 4.74. The van der Waals surface area contributed by atoms with Crippen LogP contribution in [0.4, 0.5) is 0 Å². The molecule has 3 rings (SSSR count). The highest BCUT2D eigenvalue weighted by Gasteiger charge is 2.14. The Morgan fingerprint density at radius 3 is 2.35 bits per heavy atom. The summed E-state index contributed by atoms with van der Waals surface area (Å²) in [5.41, 5.74) is 3.75. The van der Waals surface area contributed by atoms with E-state index < -0.39 is 0 Å². The third-order valence-corrected chi connectivity index (χ3v) is 3.97. The zero-order chi connectivity index (χ0) is 14.3. The summed E-state index contributed by atoms with van der Waals surface area (Å²) in [4.78, 5) is 4.54. The molecule has 0 aliphatic heterocycles.